The molecule has 0 spiro atoms. The van der Waals surface area contributed by atoms with E-state index in [0.29, 0.717) is 24.8 Å². The molecule has 1 heterocycles. The van der Waals surface area contributed by atoms with Gasteiger partial charge < -0.3 is 10.1 Å². The Morgan fingerprint density at radius 3 is 3.06 bits per heavy atom. The van der Waals surface area contributed by atoms with Gasteiger partial charge >= 0.3 is 0 Å². The molecule has 0 radical (unpaired) electrons. The summed E-state index contributed by atoms with van der Waals surface area (Å²) in [4.78, 5) is 3.89. The van der Waals surface area contributed by atoms with Gasteiger partial charge in [0.15, 0.2) is 5.82 Å². The minimum Gasteiger partial charge on any atom is -0.476 e. The maximum atomic E-state index is 13.8. The summed E-state index contributed by atoms with van der Waals surface area (Å²) in [6.45, 7) is 3.04. The molecule has 0 aromatic carbocycles. The second kappa shape index (κ2) is 5.25. The average Bonchev–Trinajstić information content (AvgIpc) is 3.10. The molecule has 1 aliphatic carbocycles. The Balaban J connectivity index is 1.99. The van der Waals surface area contributed by atoms with Crippen molar-refractivity contribution in [3.63, 3.8) is 0 Å². The molecular formula is C12H17FN2O. The van der Waals surface area contributed by atoms with E-state index in [1.807, 2.05) is 6.92 Å². The van der Waals surface area contributed by atoms with Gasteiger partial charge in [0, 0.05) is 24.3 Å². The molecule has 3 nitrogen and oxygen atoms in total. The highest BCUT2D eigenvalue weighted by molar-refractivity contribution is 5.23. The molecule has 0 amide bonds. The van der Waals surface area contributed by atoms with Crippen molar-refractivity contribution >= 4 is 0 Å². The van der Waals surface area contributed by atoms with Crippen LogP contribution in [0.5, 0.6) is 5.88 Å². The zero-order valence-corrected chi connectivity index (χ0v) is 9.50. The number of aromatic nitrogens is 1. The molecule has 16 heavy (non-hydrogen) atoms. The first kappa shape index (κ1) is 11.3. The van der Waals surface area contributed by atoms with Crippen LogP contribution in [0.4, 0.5) is 4.39 Å². The predicted octanol–water partition coefficient (Wildman–Crippen LogP) is 2.26. The number of rotatable bonds is 6. The highest BCUT2D eigenvalue weighted by Crippen LogP contribution is 2.21. The van der Waals surface area contributed by atoms with Crippen LogP contribution in [0, 0.1) is 5.82 Å². The van der Waals surface area contributed by atoms with Crippen LogP contribution in [0.1, 0.15) is 31.7 Å². The van der Waals surface area contributed by atoms with Crippen LogP contribution in [0.3, 0.4) is 0 Å². The molecule has 1 N–H and O–H groups in total. The van der Waals surface area contributed by atoms with Crippen molar-refractivity contribution < 1.29 is 9.13 Å². The molecule has 1 aromatic heterocycles. The second-order valence-electron chi connectivity index (χ2n) is 4.09. The Labute approximate surface area is 95.0 Å². The molecule has 0 unspecified atom stereocenters. The van der Waals surface area contributed by atoms with Crippen LogP contribution in [-0.2, 0) is 6.54 Å². The van der Waals surface area contributed by atoms with Gasteiger partial charge in [0.25, 0.3) is 5.88 Å². The van der Waals surface area contributed by atoms with Gasteiger partial charge in [0.2, 0.25) is 0 Å². The van der Waals surface area contributed by atoms with Crippen LogP contribution in [0.2, 0.25) is 0 Å². The fourth-order valence-corrected chi connectivity index (χ4v) is 1.44. The standard InChI is InChI=1S/C12H17FN2O/c1-2-7-16-12-11(13)9(5-6-14-12)8-15-10-3-4-10/h5-6,10,15H,2-4,7-8H2,1H3. The van der Waals surface area contributed by atoms with Crippen molar-refractivity contribution in [2.45, 2.75) is 38.8 Å². The van der Waals surface area contributed by atoms with E-state index in [1.54, 1.807) is 12.3 Å². The number of halogens is 1. The number of pyridine rings is 1. The summed E-state index contributed by atoms with van der Waals surface area (Å²) in [6, 6.07) is 2.27. The SMILES string of the molecule is CCCOc1nccc(CNC2CC2)c1F. The van der Waals surface area contributed by atoms with Gasteiger partial charge in [0.1, 0.15) is 0 Å². The van der Waals surface area contributed by atoms with Gasteiger partial charge in [-0.1, -0.05) is 6.92 Å². The Kier molecular flexibility index (Phi) is 3.72. The lowest BCUT2D eigenvalue weighted by atomic mass is 10.2. The third-order valence-electron chi connectivity index (χ3n) is 2.54. The maximum Gasteiger partial charge on any atom is 0.250 e. The van der Waals surface area contributed by atoms with E-state index in [0.717, 1.165) is 6.42 Å². The van der Waals surface area contributed by atoms with E-state index in [1.165, 1.54) is 12.8 Å². The van der Waals surface area contributed by atoms with E-state index in [9.17, 15) is 4.39 Å². The lowest BCUT2D eigenvalue weighted by molar-refractivity contribution is 0.287. The summed E-state index contributed by atoms with van der Waals surface area (Å²) in [6.07, 6.45) is 4.85. The first-order chi connectivity index (χ1) is 7.81. The van der Waals surface area contributed by atoms with Crippen molar-refractivity contribution in [1.82, 2.24) is 10.3 Å². The Morgan fingerprint density at radius 1 is 1.56 bits per heavy atom. The van der Waals surface area contributed by atoms with E-state index in [2.05, 4.69) is 10.3 Å². The second-order valence-corrected chi connectivity index (χ2v) is 4.09. The Hall–Kier alpha value is -1.16. The lowest BCUT2D eigenvalue weighted by Gasteiger charge is -2.08. The largest absolute Gasteiger partial charge is 0.476 e. The van der Waals surface area contributed by atoms with Gasteiger partial charge in [-0.3, -0.25) is 0 Å². The summed E-state index contributed by atoms with van der Waals surface area (Å²) in [7, 11) is 0. The number of nitrogens with one attached hydrogen (secondary N) is 1. The van der Waals surface area contributed by atoms with E-state index in [-0.39, 0.29) is 11.7 Å². The molecule has 1 fully saturated rings. The molecular weight excluding hydrogens is 207 g/mol. The minimum atomic E-state index is -0.330. The topological polar surface area (TPSA) is 34.1 Å². The van der Waals surface area contributed by atoms with Crippen molar-refractivity contribution in [2.24, 2.45) is 0 Å². The first-order valence-electron chi connectivity index (χ1n) is 5.80. The number of hydrogen-bond donors (Lipinski definition) is 1. The summed E-state index contributed by atoms with van der Waals surface area (Å²) in [5.74, 6) is -0.207. The first-order valence-corrected chi connectivity index (χ1v) is 5.80. The highest BCUT2D eigenvalue weighted by atomic mass is 19.1. The van der Waals surface area contributed by atoms with Gasteiger partial charge in [0.05, 0.1) is 6.61 Å². The molecule has 2 rings (SSSR count). The average molecular weight is 224 g/mol. The van der Waals surface area contributed by atoms with Crippen molar-refractivity contribution in [3.8, 4) is 5.88 Å². The van der Waals surface area contributed by atoms with Crippen molar-refractivity contribution in [1.29, 1.82) is 0 Å². The van der Waals surface area contributed by atoms with E-state index >= 15 is 0 Å². The van der Waals surface area contributed by atoms with Gasteiger partial charge in [-0.15, -0.1) is 0 Å². The molecule has 4 heteroatoms. The third kappa shape index (κ3) is 2.92. The number of nitrogens with zero attached hydrogens (tertiary/aromatic N) is 1. The van der Waals surface area contributed by atoms with Crippen molar-refractivity contribution in [2.75, 3.05) is 6.61 Å². The fraction of sp³-hybridized carbons (Fsp3) is 0.583. The molecule has 0 atom stereocenters. The van der Waals surface area contributed by atoms with Crippen LogP contribution < -0.4 is 10.1 Å². The van der Waals surface area contributed by atoms with E-state index < -0.39 is 0 Å². The Bertz CT molecular complexity index is 353. The summed E-state index contributed by atoms with van der Waals surface area (Å²) in [5.41, 5.74) is 0.632. The van der Waals surface area contributed by atoms with Crippen LogP contribution in [-0.4, -0.2) is 17.6 Å². The monoisotopic (exact) mass is 224 g/mol. The number of hydrogen-bond acceptors (Lipinski definition) is 3. The smallest absolute Gasteiger partial charge is 0.250 e. The van der Waals surface area contributed by atoms with Gasteiger partial charge in [-0.2, -0.15) is 0 Å². The summed E-state index contributed by atoms with van der Waals surface area (Å²) in [5, 5.41) is 3.27. The molecule has 1 aromatic rings. The molecule has 0 aliphatic heterocycles. The molecule has 0 bridgehead atoms. The highest BCUT2D eigenvalue weighted by Gasteiger charge is 2.21. The maximum absolute atomic E-state index is 13.8. The third-order valence-corrected chi connectivity index (χ3v) is 2.54. The zero-order valence-electron chi connectivity index (χ0n) is 9.50. The molecule has 1 saturated carbocycles. The van der Waals surface area contributed by atoms with Crippen LogP contribution in [0.25, 0.3) is 0 Å². The zero-order chi connectivity index (χ0) is 11.4. The van der Waals surface area contributed by atoms with Gasteiger partial charge in [-0.05, 0) is 25.3 Å². The molecule has 1 aliphatic rings. The van der Waals surface area contributed by atoms with E-state index in [4.69, 9.17) is 4.74 Å². The van der Waals surface area contributed by atoms with Gasteiger partial charge in [-0.25, -0.2) is 9.37 Å². The van der Waals surface area contributed by atoms with Crippen LogP contribution >= 0.6 is 0 Å². The normalized spacial score (nSPS) is 15.1. The summed E-state index contributed by atoms with van der Waals surface area (Å²) < 4.78 is 19.1. The van der Waals surface area contributed by atoms with Crippen molar-refractivity contribution in [3.05, 3.63) is 23.6 Å². The quantitative estimate of drug-likeness (QED) is 0.804. The predicted molar refractivity (Wildman–Crippen MR) is 59.8 cm³/mol. The molecule has 0 saturated heterocycles. The summed E-state index contributed by atoms with van der Waals surface area (Å²) >= 11 is 0. The lowest BCUT2D eigenvalue weighted by Crippen LogP contribution is -2.16. The molecule has 88 valence electrons. The Morgan fingerprint density at radius 2 is 2.38 bits per heavy atom. The number of ether oxygens (including phenoxy) is 1. The van der Waals surface area contributed by atoms with Crippen LogP contribution in [0.15, 0.2) is 12.3 Å². The minimum absolute atomic E-state index is 0.122. The fourth-order valence-electron chi connectivity index (χ4n) is 1.44.